The van der Waals surface area contributed by atoms with Crippen LogP contribution < -0.4 is 9.64 Å². The lowest BCUT2D eigenvalue weighted by Crippen LogP contribution is -2.41. The van der Waals surface area contributed by atoms with Crippen LogP contribution in [-0.2, 0) is 16.9 Å². The van der Waals surface area contributed by atoms with Gasteiger partial charge in [0.2, 0.25) is 0 Å². The number of carbonyl (C=O) groups excluding carboxylic acids is 2. The number of aliphatic hydroxyl groups is 1. The molecule has 31 heavy (non-hydrogen) atoms. The van der Waals surface area contributed by atoms with Gasteiger partial charge in [0, 0.05) is 16.1 Å². The maximum absolute atomic E-state index is 14.4. The number of para-hydroxylation sites is 2. The summed E-state index contributed by atoms with van der Waals surface area (Å²) in [5, 5.41) is 11.6. The number of hydrogen-bond acceptors (Lipinski definition) is 4. The Morgan fingerprint density at radius 1 is 1.10 bits per heavy atom. The van der Waals surface area contributed by atoms with Gasteiger partial charge in [-0.25, -0.2) is 4.39 Å². The first kappa shape index (κ1) is 21.0. The second-order valence-electron chi connectivity index (χ2n) is 7.27. The van der Waals surface area contributed by atoms with E-state index in [1.807, 2.05) is 0 Å². The van der Waals surface area contributed by atoms with Crippen molar-refractivity contribution in [2.24, 2.45) is 0 Å². The molecule has 0 spiro atoms. The van der Waals surface area contributed by atoms with E-state index in [0.29, 0.717) is 11.4 Å². The molecule has 0 fully saturated rings. The Balaban J connectivity index is 1.72. The van der Waals surface area contributed by atoms with Crippen molar-refractivity contribution in [1.82, 2.24) is 0 Å². The Kier molecular flexibility index (Phi) is 5.52. The van der Waals surface area contributed by atoms with Crippen molar-refractivity contribution < 1.29 is 23.8 Å². The van der Waals surface area contributed by atoms with Crippen LogP contribution in [0.5, 0.6) is 5.75 Å². The summed E-state index contributed by atoms with van der Waals surface area (Å²) >= 11 is 6.14. The molecule has 0 unspecified atom stereocenters. The van der Waals surface area contributed by atoms with Crippen LogP contribution in [0.15, 0.2) is 66.7 Å². The third kappa shape index (κ3) is 3.58. The minimum absolute atomic E-state index is 0.132. The molecule has 158 valence electrons. The Labute approximate surface area is 183 Å². The molecule has 1 amide bonds. The van der Waals surface area contributed by atoms with Gasteiger partial charge < -0.3 is 14.7 Å². The molecule has 0 bridgehead atoms. The van der Waals surface area contributed by atoms with Gasteiger partial charge in [-0.15, -0.1) is 0 Å². The second kappa shape index (κ2) is 8.13. The van der Waals surface area contributed by atoms with Crippen LogP contribution in [0.3, 0.4) is 0 Å². The van der Waals surface area contributed by atoms with Crippen LogP contribution in [0.25, 0.3) is 0 Å². The summed E-state index contributed by atoms with van der Waals surface area (Å²) in [5.41, 5.74) is -1.00. The molecule has 1 atom stereocenters. The van der Waals surface area contributed by atoms with Gasteiger partial charge in [0.25, 0.3) is 5.91 Å². The van der Waals surface area contributed by atoms with E-state index < -0.39 is 29.5 Å². The van der Waals surface area contributed by atoms with E-state index in [4.69, 9.17) is 16.3 Å². The number of rotatable bonds is 6. The number of benzene rings is 3. The third-order valence-corrected chi connectivity index (χ3v) is 5.80. The highest BCUT2D eigenvalue weighted by Crippen LogP contribution is 2.44. The lowest BCUT2D eigenvalue weighted by molar-refractivity contribution is -0.136. The SMILES string of the molecule is COc1ccccc1C(=O)C[C@@]1(O)C(=O)N(Cc2c(F)cccc2Cl)c2ccccc21. The van der Waals surface area contributed by atoms with Crippen molar-refractivity contribution in [1.29, 1.82) is 0 Å². The molecule has 4 rings (SSSR count). The average Bonchev–Trinajstić information content (AvgIpc) is 2.98. The Morgan fingerprint density at radius 3 is 2.55 bits per heavy atom. The van der Waals surface area contributed by atoms with Crippen LogP contribution >= 0.6 is 11.6 Å². The van der Waals surface area contributed by atoms with Gasteiger partial charge in [-0.1, -0.05) is 48.0 Å². The van der Waals surface area contributed by atoms with Crippen molar-refractivity contribution in [3.05, 3.63) is 94.3 Å². The minimum Gasteiger partial charge on any atom is -0.496 e. The lowest BCUT2D eigenvalue weighted by Gasteiger charge is -2.23. The summed E-state index contributed by atoms with van der Waals surface area (Å²) in [4.78, 5) is 27.6. The predicted octanol–water partition coefficient (Wildman–Crippen LogP) is 4.50. The number of ketones is 1. The zero-order valence-electron chi connectivity index (χ0n) is 16.6. The fourth-order valence-electron chi connectivity index (χ4n) is 3.88. The normalized spacial score (nSPS) is 17.5. The van der Waals surface area contributed by atoms with Gasteiger partial charge in [-0.2, -0.15) is 0 Å². The summed E-state index contributed by atoms with van der Waals surface area (Å²) in [6.45, 7) is -0.174. The summed E-state index contributed by atoms with van der Waals surface area (Å²) in [6.07, 6.45) is -0.481. The average molecular weight is 440 g/mol. The van der Waals surface area contributed by atoms with Crippen molar-refractivity contribution in [2.75, 3.05) is 12.0 Å². The summed E-state index contributed by atoms with van der Waals surface area (Å²) in [5.74, 6) is -1.37. The lowest BCUT2D eigenvalue weighted by atomic mass is 9.88. The largest absolute Gasteiger partial charge is 0.496 e. The highest BCUT2D eigenvalue weighted by Gasteiger charge is 2.51. The molecule has 5 nitrogen and oxygen atoms in total. The number of nitrogens with zero attached hydrogens (tertiary/aromatic N) is 1. The van der Waals surface area contributed by atoms with Crippen molar-refractivity contribution in [3.63, 3.8) is 0 Å². The van der Waals surface area contributed by atoms with Gasteiger partial charge in [0.1, 0.15) is 11.6 Å². The van der Waals surface area contributed by atoms with Crippen LogP contribution in [0, 0.1) is 5.82 Å². The van der Waals surface area contributed by atoms with Gasteiger partial charge in [-0.05, 0) is 30.3 Å². The molecule has 0 saturated heterocycles. The molecular weight excluding hydrogens is 421 g/mol. The summed E-state index contributed by atoms with van der Waals surface area (Å²) in [6, 6.07) is 17.5. The summed E-state index contributed by atoms with van der Waals surface area (Å²) < 4.78 is 19.6. The number of carbonyl (C=O) groups is 2. The van der Waals surface area contributed by atoms with Gasteiger partial charge in [-0.3, -0.25) is 9.59 Å². The Morgan fingerprint density at radius 2 is 1.81 bits per heavy atom. The molecule has 3 aromatic rings. The Hall–Kier alpha value is -3.22. The van der Waals surface area contributed by atoms with Crippen LogP contribution in [0.4, 0.5) is 10.1 Å². The molecule has 0 saturated carbocycles. The standard InChI is InChI=1S/C24H19ClFNO4/c1-31-22-12-5-2-7-15(22)21(28)13-24(30)17-8-3-4-11-20(17)27(23(24)29)14-16-18(25)9-6-10-19(16)26/h2-12,30H,13-14H2,1H3/t24-/m0/s1. The maximum Gasteiger partial charge on any atom is 0.264 e. The summed E-state index contributed by atoms with van der Waals surface area (Å²) in [7, 11) is 1.44. The van der Waals surface area contributed by atoms with E-state index >= 15 is 0 Å². The first-order valence-corrected chi connectivity index (χ1v) is 9.97. The van der Waals surface area contributed by atoms with Crippen molar-refractivity contribution >= 4 is 29.0 Å². The first-order valence-electron chi connectivity index (χ1n) is 9.60. The Bertz CT molecular complexity index is 1160. The number of amides is 1. The fourth-order valence-corrected chi connectivity index (χ4v) is 4.10. The van der Waals surface area contributed by atoms with Gasteiger partial charge in [0.15, 0.2) is 11.4 Å². The van der Waals surface area contributed by atoms with Crippen molar-refractivity contribution in [3.8, 4) is 5.75 Å². The quantitative estimate of drug-likeness (QED) is 0.574. The number of fused-ring (bicyclic) bond motifs is 1. The molecular formula is C24H19ClFNO4. The smallest absolute Gasteiger partial charge is 0.264 e. The maximum atomic E-state index is 14.4. The molecule has 0 aliphatic carbocycles. The molecule has 1 heterocycles. The molecule has 1 aliphatic heterocycles. The van der Waals surface area contributed by atoms with E-state index in [2.05, 4.69) is 0 Å². The monoisotopic (exact) mass is 439 g/mol. The zero-order chi connectivity index (χ0) is 22.2. The number of anilines is 1. The molecule has 3 aromatic carbocycles. The fraction of sp³-hybridized carbons (Fsp3) is 0.167. The van der Waals surface area contributed by atoms with Gasteiger partial charge >= 0.3 is 0 Å². The molecule has 1 aliphatic rings. The van der Waals surface area contributed by atoms with E-state index in [-0.39, 0.29) is 28.3 Å². The van der Waals surface area contributed by atoms with Gasteiger partial charge in [0.05, 0.1) is 31.3 Å². The van der Waals surface area contributed by atoms with E-state index in [1.165, 1.54) is 30.2 Å². The molecule has 1 N–H and O–H groups in total. The number of hydrogen-bond donors (Lipinski definition) is 1. The molecule has 0 aromatic heterocycles. The molecule has 0 radical (unpaired) electrons. The predicted molar refractivity (Wildman–Crippen MR) is 115 cm³/mol. The molecule has 7 heteroatoms. The van der Waals surface area contributed by atoms with E-state index in [1.54, 1.807) is 48.5 Å². The zero-order valence-corrected chi connectivity index (χ0v) is 17.4. The number of ether oxygens (including phenoxy) is 1. The van der Waals surface area contributed by atoms with Crippen LogP contribution in [0.1, 0.15) is 27.9 Å². The topological polar surface area (TPSA) is 66.8 Å². The first-order chi connectivity index (χ1) is 14.9. The van der Waals surface area contributed by atoms with Crippen LogP contribution in [0.2, 0.25) is 5.02 Å². The van der Waals surface area contributed by atoms with E-state index in [9.17, 15) is 19.1 Å². The third-order valence-electron chi connectivity index (χ3n) is 5.44. The highest BCUT2D eigenvalue weighted by molar-refractivity contribution is 6.31. The minimum atomic E-state index is -2.09. The van der Waals surface area contributed by atoms with E-state index in [0.717, 1.165) is 0 Å². The second-order valence-corrected chi connectivity index (χ2v) is 7.68. The number of methoxy groups -OCH3 is 1. The number of halogens is 2. The number of Topliss-reactive ketones (excluding diaryl/α,β-unsaturated/α-hetero) is 1. The van der Waals surface area contributed by atoms with Crippen LogP contribution in [-0.4, -0.2) is 23.9 Å². The highest BCUT2D eigenvalue weighted by atomic mass is 35.5. The van der Waals surface area contributed by atoms with Crippen molar-refractivity contribution in [2.45, 2.75) is 18.6 Å².